The van der Waals surface area contributed by atoms with E-state index >= 15 is 0 Å². The standard InChI is InChI=1S/C27H28N2O5/c1-31-23-15-19(5-6-20-16-24(32-2)27(34-4)25(17-20)33-3)9-13-22(23)29-26(30)14-10-18-7-11-21(28)12-8-18/h5-17H,28H2,1-4H3,(H,29,30)/b6-5+,14-10+. The number of carbonyl (C=O) groups is 1. The van der Waals surface area contributed by atoms with Crippen LogP contribution >= 0.6 is 0 Å². The van der Waals surface area contributed by atoms with Gasteiger partial charge in [-0.05, 0) is 59.2 Å². The molecule has 3 rings (SSSR count). The topological polar surface area (TPSA) is 92.0 Å². The van der Waals surface area contributed by atoms with Gasteiger partial charge in [-0.1, -0.05) is 30.4 Å². The van der Waals surface area contributed by atoms with Crippen molar-refractivity contribution in [1.82, 2.24) is 0 Å². The highest BCUT2D eigenvalue weighted by Crippen LogP contribution is 2.38. The molecule has 0 aromatic heterocycles. The number of carbonyl (C=O) groups excluding carboxylic acids is 1. The van der Waals surface area contributed by atoms with Crippen LogP contribution in [0.4, 0.5) is 11.4 Å². The number of nitrogen functional groups attached to an aromatic ring is 1. The van der Waals surface area contributed by atoms with Crippen LogP contribution in [0.25, 0.3) is 18.2 Å². The molecule has 0 aliphatic carbocycles. The molecule has 3 N–H and O–H groups in total. The molecule has 176 valence electrons. The molecular weight excluding hydrogens is 432 g/mol. The maximum Gasteiger partial charge on any atom is 0.248 e. The van der Waals surface area contributed by atoms with Crippen LogP contribution in [0.15, 0.2) is 60.7 Å². The van der Waals surface area contributed by atoms with E-state index in [-0.39, 0.29) is 5.91 Å². The van der Waals surface area contributed by atoms with Crippen LogP contribution < -0.4 is 30.0 Å². The number of nitrogens with two attached hydrogens (primary N) is 1. The van der Waals surface area contributed by atoms with Gasteiger partial charge in [0.2, 0.25) is 11.7 Å². The second kappa shape index (κ2) is 11.5. The van der Waals surface area contributed by atoms with Gasteiger partial charge in [0, 0.05) is 11.8 Å². The van der Waals surface area contributed by atoms with Crippen molar-refractivity contribution in [3.63, 3.8) is 0 Å². The van der Waals surface area contributed by atoms with Crippen LogP contribution in [0.2, 0.25) is 0 Å². The minimum absolute atomic E-state index is 0.268. The minimum atomic E-state index is -0.268. The summed E-state index contributed by atoms with van der Waals surface area (Å²) in [6.45, 7) is 0. The van der Waals surface area contributed by atoms with E-state index in [0.717, 1.165) is 16.7 Å². The van der Waals surface area contributed by atoms with E-state index in [1.54, 1.807) is 52.7 Å². The van der Waals surface area contributed by atoms with Crippen molar-refractivity contribution in [2.75, 3.05) is 39.5 Å². The first kappa shape index (κ1) is 24.3. The summed E-state index contributed by atoms with van der Waals surface area (Å²) in [6, 6.07) is 16.5. The summed E-state index contributed by atoms with van der Waals surface area (Å²) in [5, 5.41) is 2.84. The number of hydrogen-bond acceptors (Lipinski definition) is 6. The van der Waals surface area contributed by atoms with Gasteiger partial charge in [-0.25, -0.2) is 0 Å². The summed E-state index contributed by atoms with van der Waals surface area (Å²) >= 11 is 0. The van der Waals surface area contributed by atoms with Gasteiger partial charge in [0.15, 0.2) is 11.5 Å². The number of anilines is 2. The summed E-state index contributed by atoms with van der Waals surface area (Å²) in [5.41, 5.74) is 9.57. The van der Waals surface area contributed by atoms with Gasteiger partial charge in [-0.15, -0.1) is 0 Å². The Labute approximate surface area is 199 Å². The summed E-state index contributed by atoms with van der Waals surface area (Å²) in [7, 11) is 6.28. The van der Waals surface area contributed by atoms with Crippen LogP contribution in [0.1, 0.15) is 16.7 Å². The van der Waals surface area contributed by atoms with Crippen LogP contribution in [0.5, 0.6) is 23.0 Å². The molecule has 0 unspecified atom stereocenters. The molecule has 1 amide bonds. The van der Waals surface area contributed by atoms with E-state index in [1.165, 1.54) is 6.08 Å². The first-order valence-corrected chi connectivity index (χ1v) is 10.5. The fourth-order valence-corrected chi connectivity index (χ4v) is 3.26. The molecule has 0 saturated heterocycles. The molecule has 7 heteroatoms. The molecule has 0 heterocycles. The Morgan fingerprint density at radius 3 is 1.85 bits per heavy atom. The molecule has 0 aliphatic heterocycles. The molecule has 0 bridgehead atoms. The molecule has 0 atom stereocenters. The molecule has 0 spiro atoms. The quantitative estimate of drug-likeness (QED) is 0.261. The number of amides is 1. The molecule has 34 heavy (non-hydrogen) atoms. The van der Waals surface area contributed by atoms with Crippen molar-refractivity contribution in [1.29, 1.82) is 0 Å². The molecular formula is C27H28N2O5. The van der Waals surface area contributed by atoms with Gasteiger partial charge in [0.1, 0.15) is 5.75 Å². The molecule has 0 saturated carbocycles. The Kier molecular flexibility index (Phi) is 8.18. The molecule has 0 aliphatic rings. The fraction of sp³-hybridized carbons (Fsp3) is 0.148. The largest absolute Gasteiger partial charge is 0.495 e. The average molecular weight is 461 g/mol. The molecule has 0 fully saturated rings. The van der Waals surface area contributed by atoms with E-state index in [0.29, 0.717) is 34.4 Å². The van der Waals surface area contributed by atoms with E-state index in [4.69, 9.17) is 24.7 Å². The maximum absolute atomic E-state index is 12.4. The third-order valence-electron chi connectivity index (χ3n) is 5.00. The van der Waals surface area contributed by atoms with E-state index in [2.05, 4.69) is 5.32 Å². The highest BCUT2D eigenvalue weighted by Gasteiger charge is 2.12. The number of methoxy groups -OCH3 is 4. The zero-order chi connectivity index (χ0) is 24.5. The average Bonchev–Trinajstić information content (AvgIpc) is 2.86. The first-order chi connectivity index (χ1) is 16.5. The molecule has 3 aromatic carbocycles. The zero-order valence-electron chi connectivity index (χ0n) is 19.6. The third kappa shape index (κ3) is 6.10. The van der Waals surface area contributed by atoms with Crippen molar-refractivity contribution in [2.24, 2.45) is 0 Å². The van der Waals surface area contributed by atoms with Crippen molar-refractivity contribution in [3.05, 3.63) is 77.4 Å². The Morgan fingerprint density at radius 1 is 0.706 bits per heavy atom. The summed E-state index contributed by atoms with van der Waals surface area (Å²) < 4.78 is 21.6. The summed E-state index contributed by atoms with van der Waals surface area (Å²) in [6.07, 6.45) is 7.03. The van der Waals surface area contributed by atoms with Gasteiger partial charge in [0.05, 0.1) is 34.1 Å². The maximum atomic E-state index is 12.4. The number of benzene rings is 3. The van der Waals surface area contributed by atoms with Crippen molar-refractivity contribution < 1.29 is 23.7 Å². The number of nitrogens with one attached hydrogen (secondary N) is 1. The Hall–Kier alpha value is -4.39. The second-order valence-electron chi connectivity index (χ2n) is 7.24. The normalized spacial score (nSPS) is 10.9. The fourth-order valence-electron chi connectivity index (χ4n) is 3.26. The van der Waals surface area contributed by atoms with Crippen LogP contribution in [0.3, 0.4) is 0 Å². The highest BCUT2D eigenvalue weighted by atomic mass is 16.5. The van der Waals surface area contributed by atoms with Crippen molar-refractivity contribution >= 4 is 35.5 Å². The molecule has 7 nitrogen and oxygen atoms in total. The van der Waals surface area contributed by atoms with Crippen LogP contribution in [0, 0.1) is 0 Å². The lowest BCUT2D eigenvalue weighted by atomic mass is 10.1. The smallest absolute Gasteiger partial charge is 0.248 e. The first-order valence-electron chi connectivity index (χ1n) is 10.5. The lowest BCUT2D eigenvalue weighted by Gasteiger charge is -2.13. The van der Waals surface area contributed by atoms with E-state index in [9.17, 15) is 4.79 Å². The zero-order valence-corrected chi connectivity index (χ0v) is 19.6. The summed E-state index contributed by atoms with van der Waals surface area (Å²) in [4.78, 5) is 12.4. The van der Waals surface area contributed by atoms with Gasteiger partial charge >= 0.3 is 0 Å². The number of ether oxygens (including phenoxy) is 4. The van der Waals surface area contributed by atoms with Gasteiger partial charge in [-0.3, -0.25) is 4.79 Å². The van der Waals surface area contributed by atoms with E-state index in [1.807, 2.05) is 48.6 Å². The number of rotatable bonds is 9. The monoisotopic (exact) mass is 460 g/mol. The number of hydrogen-bond donors (Lipinski definition) is 2. The predicted octanol–water partition coefficient (Wildman–Crippen LogP) is 5.13. The van der Waals surface area contributed by atoms with E-state index < -0.39 is 0 Å². The lowest BCUT2D eigenvalue weighted by molar-refractivity contribution is -0.111. The van der Waals surface area contributed by atoms with Crippen molar-refractivity contribution in [3.8, 4) is 23.0 Å². The Morgan fingerprint density at radius 2 is 1.26 bits per heavy atom. The van der Waals surface area contributed by atoms with Crippen LogP contribution in [-0.2, 0) is 4.79 Å². The van der Waals surface area contributed by atoms with Gasteiger partial charge in [-0.2, -0.15) is 0 Å². The van der Waals surface area contributed by atoms with Gasteiger partial charge < -0.3 is 30.0 Å². The minimum Gasteiger partial charge on any atom is -0.495 e. The molecule has 3 aromatic rings. The molecule has 0 radical (unpaired) electrons. The Bertz CT molecular complexity index is 1180. The highest BCUT2D eigenvalue weighted by molar-refractivity contribution is 6.02. The summed E-state index contributed by atoms with van der Waals surface area (Å²) in [5.74, 6) is 1.96. The van der Waals surface area contributed by atoms with Crippen LogP contribution in [-0.4, -0.2) is 34.3 Å². The Balaban J connectivity index is 1.75. The lowest BCUT2D eigenvalue weighted by Crippen LogP contribution is -2.09. The third-order valence-corrected chi connectivity index (χ3v) is 5.00. The second-order valence-corrected chi connectivity index (χ2v) is 7.24. The predicted molar refractivity (Wildman–Crippen MR) is 137 cm³/mol. The van der Waals surface area contributed by atoms with Gasteiger partial charge in [0.25, 0.3) is 0 Å². The van der Waals surface area contributed by atoms with Crippen molar-refractivity contribution in [2.45, 2.75) is 0 Å². The SMILES string of the molecule is COc1cc(/C=C/c2cc(OC)c(OC)c(OC)c2)ccc1NC(=O)/C=C/c1ccc(N)cc1.